The van der Waals surface area contributed by atoms with Crippen LogP contribution in [0.5, 0.6) is 0 Å². The summed E-state index contributed by atoms with van der Waals surface area (Å²) in [5, 5.41) is 0. The second-order valence-electron chi connectivity index (χ2n) is 1.73. The summed E-state index contributed by atoms with van der Waals surface area (Å²) in [5.74, 6) is 0. The van der Waals surface area contributed by atoms with Crippen molar-refractivity contribution in [2.45, 2.75) is 13.3 Å². The van der Waals surface area contributed by atoms with Gasteiger partial charge in [-0.05, 0) is 18.9 Å². The van der Waals surface area contributed by atoms with E-state index >= 15 is 0 Å². The Morgan fingerprint density at radius 1 is 1.75 bits per heavy atom. The molecule has 1 nitrogen and oxygen atoms in total. The second kappa shape index (κ2) is 2.46. The van der Waals surface area contributed by atoms with Gasteiger partial charge in [0, 0.05) is 12.4 Å². The van der Waals surface area contributed by atoms with Crippen molar-refractivity contribution in [2.75, 3.05) is 0 Å². The van der Waals surface area contributed by atoms with Gasteiger partial charge in [-0.15, -0.1) is 0 Å². The minimum Gasteiger partial charge on any atom is -0.265 e. The van der Waals surface area contributed by atoms with E-state index in [0.29, 0.717) is 0 Å². The molecule has 0 atom stereocenters. The van der Waals surface area contributed by atoms with Gasteiger partial charge in [0.05, 0.1) is 0 Å². The highest BCUT2D eigenvalue weighted by atomic mass is 14.7. The monoisotopic (exact) mass is 107 g/mol. The molecule has 1 aliphatic rings. The average molecular weight is 107 g/mol. The van der Waals surface area contributed by atoms with Gasteiger partial charge in [-0.25, -0.2) is 0 Å². The zero-order valence-corrected chi connectivity index (χ0v) is 4.96. The van der Waals surface area contributed by atoms with Gasteiger partial charge in [0.1, 0.15) is 0 Å². The van der Waals surface area contributed by atoms with E-state index in [9.17, 15) is 0 Å². The molecule has 0 saturated heterocycles. The number of hydrogen-bond donors (Lipinski definition) is 0. The van der Waals surface area contributed by atoms with Gasteiger partial charge in [0.2, 0.25) is 0 Å². The molecule has 8 heavy (non-hydrogen) atoms. The number of rotatable bonds is 0. The Labute approximate surface area is 49.4 Å². The molecule has 1 rings (SSSR count). The average Bonchev–Trinajstić information content (AvgIpc) is 1.90. The first-order valence-electron chi connectivity index (χ1n) is 2.77. The lowest BCUT2D eigenvalue weighted by atomic mass is 10.2. The Hall–Kier alpha value is -0.850. The molecular formula is C7H9N. The van der Waals surface area contributed by atoms with Gasteiger partial charge >= 0.3 is 0 Å². The van der Waals surface area contributed by atoms with Gasteiger partial charge in [-0.1, -0.05) is 12.2 Å². The Balaban J connectivity index is 2.66. The van der Waals surface area contributed by atoms with Gasteiger partial charge in [-0.2, -0.15) is 0 Å². The predicted molar refractivity (Wildman–Crippen MR) is 36.0 cm³/mol. The van der Waals surface area contributed by atoms with Crippen molar-refractivity contribution >= 4 is 6.21 Å². The van der Waals surface area contributed by atoms with E-state index in [-0.39, 0.29) is 0 Å². The van der Waals surface area contributed by atoms with E-state index in [1.54, 1.807) is 0 Å². The van der Waals surface area contributed by atoms with Gasteiger partial charge < -0.3 is 0 Å². The van der Waals surface area contributed by atoms with Crippen molar-refractivity contribution in [1.29, 1.82) is 0 Å². The summed E-state index contributed by atoms with van der Waals surface area (Å²) < 4.78 is 0. The van der Waals surface area contributed by atoms with Crippen molar-refractivity contribution in [3.63, 3.8) is 0 Å². The normalized spacial score (nSPS) is 22.4. The van der Waals surface area contributed by atoms with Crippen LogP contribution in [0.4, 0.5) is 0 Å². The molecule has 0 bridgehead atoms. The number of allylic oxidation sites excluding steroid dienone is 3. The fraction of sp³-hybridized carbons (Fsp3) is 0.286. The molecule has 0 aromatic carbocycles. The lowest BCUT2D eigenvalue weighted by Crippen LogP contribution is -1.84. The zero-order chi connectivity index (χ0) is 5.82. The molecule has 0 saturated carbocycles. The van der Waals surface area contributed by atoms with Crippen LogP contribution < -0.4 is 0 Å². The number of hydrogen-bond acceptors (Lipinski definition) is 1. The molecule has 1 heterocycles. The molecule has 0 N–H and O–H groups in total. The van der Waals surface area contributed by atoms with Crippen LogP contribution in [0.15, 0.2) is 28.9 Å². The molecule has 0 aliphatic carbocycles. The molecule has 0 radical (unpaired) electrons. The van der Waals surface area contributed by atoms with Crippen LogP contribution >= 0.6 is 0 Å². The highest BCUT2D eigenvalue weighted by Crippen LogP contribution is 2.03. The van der Waals surface area contributed by atoms with E-state index in [0.717, 1.165) is 6.42 Å². The standard InChI is InChI=1S/C7H9N/c1-2-7-4-3-5-8-6-7/h2-3,5-6H,4H2,1H3/b7-2-. The van der Waals surface area contributed by atoms with Crippen LogP contribution in [0.2, 0.25) is 0 Å². The largest absolute Gasteiger partial charge is 0.265 e. The van der Waals surface area contributed by atoms with Gasteiger partial charge in [0.15, 0.2) is 0 Å². The summed E-state index contributed by atoms with van der Waals surface area (Å²) in [6, 6.07) is 0. The number of aliphatic imine (C=N–C) groups is 1. The first-order chi connectivity index (χ1) is 3.93. The molecule has 0 spiro atoms. The maximum Gasteiger partial charge on any atom is 0.0299 e. The summed E-state index contributed by atoms with van der Waals surface area (Å²) in [4.78, 5) is 3.96. The summed E-state index contributed by atoms with van der Waals surface area (Å²) >= 11 is 0. The minimum absolute atomic E-state index is 1.04. The third kappa shape index (κ3) is 1.06. The second-order valence-corrected chi connectivity index (χ2v) is 1.73. The third-order valence-electron chi connectivity index (χ3n) is 1.16. The molecule has 0 aromatic rings. The van der Waals surface area contributed by atoms with E-state index in [1.165, 1.54) is 5.57 Å². The van der Waals surface area contributed by atoms with Crippen molar-refractivity contribution < 1.29 is 0 Å². The first kappa shape index (κ1) is 5.29. The Kier molecular flexibility index (Phi) is 1.62. The SMILES string of the molecule is C/C=C1\C=NC=CC1. The third-order valence-corrected chi connectivity index (χ3v) is 1.16. The molecular weight excluding hydrogens is 98.1 g/mol. The Bertz CT molecular complexity index is 152. The summed E-state index contributed by atoms with van der Waals surface area (Å²) in [5.41, 5.74) is 1.30. The predicted octanol–water partition coefficient (Wildman–Crippen LogP) is 1.92. The van der Waals surface area contributed by atoms with E-state index in [2.05, 4.69) is 17.1 Å². The molecule has 1 aliphatic heterocycles. The molecule has 1 heteroatoms. The first-order valence-corrected chi connectivity index (χ1v) is 2.77. The van der Waals surface area contributed by atoms with Crippen LogP contribution in [0.25, 0.3) is 0 Å². The minimum atomic E-state index is 1.04. The maximum atomic E-state index is 3.96. The smallest absolute Gasteiger partial charge is 0.0299 e. The van der Waals surface area contributed by atoms with Crippen LogP contribution in [-0.4, -0.2) is 6.21 Å². The number of nitrogens with zero attached hydrogens (tertiary/aromatic N) is 1. The highest BCUT2D eigenvalue weighted by molar-refractivity contribution is 5.80. The summed E-state index contributed by atoms with van der Waals surface area (Å²) in [6.07, 6.45) is 8.88. The van der Waals surface area contributed by atoms with Crippen LogP contribution in [0, 0.1) is 0 Å². The molecule has 0 fully saturated rings. The van der Waals surface area contributed by atoms with E-state index in [1.807, 2.05) is 19.3 Å². The van der Waals surface area contributed by atoms with Gasteiger partial charge in [-0.3, -0.25) is 4.99 Å². The molecule has 0 aromatic heterocycles. The molecule has 42 valence electrons. The lowest BCUT2D eigenvalue weighted by Gasteiger charge is -1.96. The van der Waals surface area contributed by atoms with Crippen molar-refractivity contribution in [3.8, 4) is 0 Å². The van der Waals surface area contributed by atoms with Crippen LogP contribution in [-0.2, 0) is 0 Å². The molecule has 0 unspecified atom stereocenters. The van der Waals surface area contributed by atoms with E-state index in [4.69, 9.17) is 0 Å². The van der Waals surface area contributed by atoms with Crippen molar-refractivity contribution in [3.05, 3.63) is 23.9 Å². The zero-order valence-electron chi connectivity index (χ0n) is 4.96. The topological polar surface area (TPSA) is 12.4 Å². The summed E-state index contributed by atoms with van der Waals surface area (Å²) in [7, 11) is 0. The van der Waals surface area contributed by atoms with Crippen LogP contribution in [0.1, 0.15) is 13.3 Å². The fourth-order valence-electron chi connectivity index (χ4n) is 0.634. The van der Waals surface area contributed by atoms with Crippen molar-refractivity contribution in [2.24, 2.45) is 4.99 Å². The highest BCUT2D eigenvalue weighted by Gasteiger charge is 1.89. The Morgan fingerprint density at radius 2 is 2.62 bits per heavy atom. The van der Waals surface area contributed by atoms with Crippen molar-refractivity contribution in [1.82, 2.24) is 0 Å². The summed E-state index contributed by atoms with van der Waals surface area (Å²) in [6.45, 7) is 2.03. The van der Waals surface area contributed by atoms with Gasteiger partial charge in [0.25, 0.3) is 0 Å². The maximum absolute atomic E-state index is 3.96. The quantitative estimate of drug-likeness (QED) is 0.448. The lowest BCUT2D eigenvalue weighted by molar-refractivity contribution is 1.26. The Morgan fingerprint density at radius 3 is 3.00 bits per heavy atom. The molecule has 0 amide bonds. The van der Waals surface area contributed by atoms with E-state index < -0.39 is 0 Å². The van der Waals surface area contributed by atoms with Crippen LogP contribution in [0.3, 0.4) is 0 Å². The fourth-order valence-corrected chi connectivity index (χ4v) is 0.634.